The quantitative estimate of drug-likeness (QED) is 0.0868. The summed E-state index contributed by atoms with van der Waals surface area (Å²) in [4.78, 5) is 128. The van der Waals surface area contributed by atoms with Crippen LogP contribution in [0.15, 0.2) is 315 Å². The summed E-state index contributed by atoms with van der Waals surface area (Å²) in [6.45, 7) is -0.427. The van der Waals surface area contributed by atoms with Crippen molar-refractivity contribution >= 4 is 101 Å². The van der Waals surface area contributed by atoms with Crippen LogP contribution >= 0.6 is 0 Å². The summed E-state index contributed by atoms with van der Waals surface area (Å²) >= 11 is 0. The highest BCUT2D eigenvalue weighted by molar-refractivity contribution is 6.26. The number of fused-ring (bicyclic) bond motifs is 5. The van der Waals surface area contributed by atoms with Crippen LogP contribution in [0.25, 0.3) is 53.9 Å². The maximum Gasteiger partial charge on any atom is 0.261 e. The Bertz CT molecular complexity index is 5140. The molecular weight excluding hydrogens is 1220 g/mol. The molecule has 12 nitrogen and oxygen atoms in total. The Morgan fingerprint density at radius 2 is 0.327 bits per heavy atom. The zero-order valence-corrected chi connectivity index (χ0v) is 52.9. The topological polar surface area (TPSA) is 150 Å². The van der Waals surface area contributed by atoms with E-state index in [2.05, 4.69) is 0 Å². The summed E-state index contributed by atoms with van der Waals surface area (Å²) in [5.41, 5.74) is 4.19. The van der Waals surface area contributed by atoms with Crippen molar-refractivity contribution in [3.8, 4) is 0 Å². The average molecular weight is 1280 g/mol. The second kappa shape index (κ2) is 27.5. The van der Waals surface area contributed by atoms with E-state index in [0.717, 1.165) is 31.7 Å². The number of rotatable bonds is 16. The Labute approximate surface area is 564 Å². The van der Waals surface area contributed by atoms with Crippen molar-refractivity contribution in [3.63, 3.8) is 0 Å². The predicted molar refractivity (Wildman–Crippen MR) is 382 cm³/mol. The van der Waals surface area contributed by atoms with E-state index in [1.165, 1.54) is 46.2 Å². The van der Waals surface area contributed by atoms with E-state index in [9.17, 15) is 9.59 Å². The minimum absolute atomic E-state index is 0.0430. The van der Waals surface area contributed by atoms with Crippen LogP contribution in [0.3, 0.4) is 0 Å². The lowest BCUT2D eigenvalue weighted by atomic mass is 9.95. The van der Waals surface area contributed by atoms with Crippen molar-refractivity contribution in [3.05, 3.63) is 382 Å². The molecule has 0 aliphatic heterocycles. The van der Waals surface area contributed by atoms with Crippen LogP contribution in [-0.2, 0) is 26.2 Å². The number of hydrogen-bond acceptors (Lipinski definition) is 8. The van der Waals surface area contributed by atoms with E-state index >= 15 is 28.8 Å². The second-order valence-corrected chi connectivity index (χ2v) is 23.9. The van der Waals surface area contributed by atoms with Gasteiger partial charge in [0.2, 0.25) is 0 Å². The molecule has 0 aromatic heterocycles. The van der Waals surface area contributed by atoms with Gasteiger partial charge in [-0.2, -0.15) is 0 Å². The third kappa shape index (κ3) is 12.3. The van der Waals surface area contributed by atoms with Crippen molar-refractivity contribution in [2.75, 3.05) is 0 Å². The zero-order valence-electron chi connectivity index (χ0n) is 52.9. The molecule has 8 amide bonds. The Balaban J connectivity index is 0.813. The van der Waals surface area contributed by atoms with Crippen LogP contribution in [-0.4, -0.2) is 66.9 Å². The molecule has 0 fully saturated rings. The zero-order chi connectivity index (χ0) is 67.2. The van der Waals surface area contributed by atoms with E-state index < -0.39 is 47.3 Å². The average Bonchev–Trinajstić information content (AvgIpc) is 0.775. The van der Waals surface area contributed by atoms with Gasteiger partial charge >= 0.3 is 0 Å². The van der Waals surface area contributed by atoms with Gasteiger partial charge in [-0.25, -0.2) is 0 Å². The molecule has 14 aromatic carbocycles. The Morgan fingerprint density at radius 3 is 0.541 bits per heavy atom. The van der Waals surface area contributed by atoms with Crippen LogP contribution in [0.5, 0.6) is 0 Å². The van der Waals surface area contributed by atoms with Gasteiger partial charge in [0.25, 0.3) is 47.3 Å². The summed E-state index contributed by atoms with van der Waals surface area (Å²) in [5, 5.41) is 5.21. The number of nitrogens with zero attached hydrogens (tertiary/aromatic N) is 4. The summed E-state index contributed by atoms with van der Waals surface area (Å²) < 4.78 is 0. The van der Waals surface area contributed by atoms with E-state index in [0.29, 0.717) is 65.3 Å². The van der Waals surface area contributed by atoms with Crippen LogP contribution in [0.1, 0.15) is 105 Å². The Hall–Kier alpha value is -13.1. The highest BCUT2D eigenvalue weighted by Crippen LogP contribution is 2.34. The maximum absolute atomic E-state index is 15.7. The molecule has 98 heavy (non-hydrogen) atoms. The van der Waals surface area contributed by atoms with Gasteiger partial charge in [0.15, 0.2) is 0 Å². The van der Waals surface area contributed by atoms with Crippen LogP contribution in [0, 0.1) is 0 Å². The Morgan fingerprint density at radius 1 is 0.163 bits per heavy atom. The van der Waals surface area contributed by atoms with Crippen molar-refractivity contribution < 1.29 is 38.4 Å². The van der Waals surface area contributed by atoms with Gasteiger partial charge in [-0.3, -0.25) is 58.0 Å². The number of carbonyl (C=O) groups excluding carboxylic acids is 8. The van der Waals surface area contributed by atoms with Gasteiger partial charge in [-0.05, 0) is 125 Å². The molecule has 0 radical (unpaired) electrons. The highest BCUT2D eigenvalue weighted by Gasteiger charge is 2.35. The predicted octanol–water partition coefficient (Wildman–Crippen LogP) is 17.4. The first-order valence-corrected chi connectivity index (χ1v) is 32.1. The van der Waals surface area contributed by atoms with Gasteiger partial charge < -0.3 is 0 Å². The molecule has 0 bridgehead atoms. The van der Waals surface area contributed by atoms with Gasteiger partial charge in [-0.15, -0.1) is 0 Å². The third-order valence-electron chi connectivity index (χ3n) is 17.9. The lowest BCUT2D eigenvalue weighted by Crippen LogP contribution is -2.38. The first kappa shape index (κ1) is 62.4. The van der Waals surface area contributed by atoms with Crippen LogP contribution in [0.4, 0.5) is 0 Å². The fourth-order valence-electron chi connectivity index (χ4n) is 13.0. The van der Waals surface area contributed by atoms with Crippen molar-refractivity contribution in [1.29, 1.82) is 0 Å². The maximum atomic E-state index is 15.7. The second-order valence-electron chi connectivity index (χ2n) is 23.9. The van der Waals surface area contributed by atoms with Gasteiger partial charge in [-0.1, -0.05) is 267 Å². The van der Waals surface area contributed by atoms with E-state index in [1.54, 1.807) is 97.1 Å². The highest BCUT2D eigenvalue weighted by atomic mass is 16.2. The fourth-order valence-corrected chi connectivity index (χ4v) is 13.0. The third-order valence-corrected chi connectivity index (χ3v) is 17.9. The summed E-state index contributed by atoms with van der Waals surface area (Å²) in [7, 11) is 0. The summed E-state index contributed by atoms with van der Waals surface area (Å²) in [6.07, 6.45) is 0. The molecular formula is C86H60N4O8. The molecule has 472 valence electrons. The molecule has 0 saturated carbocycles. The van der Waals surface area contributed by atoms with Crippen LogP contribution in [0.2, 0.25) is 0 Å². The number of carbonyl (C=O) groups is 8. The van der Waals surface area contributed by atoms with E-state index in [-0.39, 0.29) is 59.6 Å². The fraction of sp³-hybridized carbons (Fsp3) is 0.0465. The number of amides is 8. The Kier molecular flexibility index (Phi) is 17.5. The molecule has 0 aliphatic carbocycles. The SMILES string of the molecule is O=C(c1cccc2ccccc12)N(Cc1ccccc1)C(=O)c1ccc(C(=O)N(Cc2ccccc2)C(=O)c2ccc(C(=O)N(Cc3ccccc3)C(=O)c3ccc(C(=O)N(Cc4ccccc4)C(=O)c4cccc5ccccc45)c4ccccc34)c3ccccc23)c2ccccc12. The molecule has 0 N–H and O–H groups in total. The number of hydrogen-bond donors (Lipinski definition) is 0. The van der Waals surface area contributed by atoms with Gasteiger partial charge in [0.05, 0.1) is 26.2 Å². The number of imide groups is 4. The number of benzene rings is 14. The summed E-state index contributed by atoms with van der Waals surface area (Å²) in [6, 6.07) is 92.2. The monoisotopic (exact) mass is 1280 g/mol. The summed E-state index contributed by atoms with van der Waals surface area (Å²) in [5.74, 6) is -4.90. The lowest BCUT2D eigenvalue weighted by Gasteiger charge is -2.26. The van der Waals surface area contributed by atoms with E-state index in [4.69, 9.17) is 0 Å². The normalized spacial score (nSPS) is 11.1. The van der Waals surface area contributed by atoms with E-state index in [1.807, 2.05) is 182 Å². The lowest BCUT2D eigenvalue weighted by molar-refractivity contribution is 0.0587. The van der Waals surface area contributed by atoms with Crippen molar-refractivity contribution in [2.24, 2.45) is 0 Å². The van der Waals surface area contributed by atoms with Gasteiger partial charge in [0, 0.05) is 44.5 Å². The molecule has 0 unspecified atom stereocenters. The van der Waals surface area contributed by atoms with Gasteiger partial charge in [0.1, 0.15) is 0 Å². The minimum atomic E-state index is -0.688. The molecule has 12 heteroatoms. The molecule has 0 spiro atoms. The molecule has 0 aliphatic rings. The first-order valence-electron chi connectivity index (χ1n) is 32.1. The van der Waals surface area contributed by atoms with Crippen molar-refractivity contribution in [2.45, 2.75) is 26.2 Å². The largest absolute Gasteiger partial charge is 0.270 e. The van der Waals surface area contributed by atoms with Crippen LogP contribution < -0.4 is 0 Å². The molecule has 0 atom stereocenters. The smallest absolute Gasteiger partial charge is 0.261 e. The molecule has 0 saturated heterocycles. The molecule has 0 heterocycles. The molecule has 14 aromatic rings. The van der Waals surface area contributed by atoms with Crippen molar-refractivity contribution in [1.82, 2.24) is 19.6 Å². The standard InChI is InChI=1S/C86H60N4O8/c91-79(71-45-23-35-61-33-13-15-37-63(61)71)87(53-57-25-5-1-6-26-57)81(93)73-47-49-75(67-41-19-17-39-65(67)73)83(95)89(55-59-29-9-3-10-30-59)85(97)77-51-52-78(70-44-22-21-43-69(70)77)86(98)90(56-60-31-11-4-12-32-60)84(96)76-50-48-74(66-40-18-20-42-68(66)76)82(94)88(54-58-27-7-2-8-28-58)80(92)72-46-24-36-62-34-14-16-38-64(62)72/h1-52H,53-56H2. The molecule has 14 rings (SSSR count). The first-order chi connectivity index (χ1) is 48.0. The minimum Gasteiger partial charge on any atom is -0.270 e.